The lowest BCUT2D eigenvalue weighted by molar-refractivity contribution is -0.137. The van der Waals surface area contributed by atoms with Gasteiger partial charge in [-0.25, -0.2) is 14.4 Å². The Morgan fingerprint density at radius 3 is 2.25 bits per heavy atom. The van der Waals surface area contributed by atoms with Gasteiger partial charge in [-0.05, 0) is 79.6 Å². The summed E-state index contributed by atoms with van der Waals surface area (Å²) in [6, 6.07) is 16.4. The molecular formula is C31H29ClO8. The lowest BCUT2D eigenvalue weighted by Gasteiger charge is -2.12. The number of ether oxygens (including phenoxy) is 5. The molecule has 1 aliphatic rings. The van der Waals surface area contributed by atoms with Crippen LogP contribution >= 0.6 is 11.6 Å². The number of halogens is 1. The highest BCUT2D eigenvalue weighted by Crippen LogP contribution is 2.40. The number of methoxy groups -OCH3 is 1. The zero-order valence-corrected chi connectivity index (χ0v) is 22.8. The molecule has 0 radical (unpaired) electrons. The van der Waals surface area contributed by atoms with E-state index in [-0.39, 0.29) is 28.5 Å². The van der Waals surface area contributed by atoms with Crippen LogP contribution in [-0.4, -0.2) is 38.2 Å². The summed E-state index contributed by atoms with van der Waals surface area (Å²) >= 11 is 6.31. The van der Waals surface area contributed by atoms with Gasteiger partial charge in [0, 0.05) is 12.1 Å². The average Bonchev–Trinajstić information content (AvgIpc) is 3.81. The van der Waals surface area contributed by atoms with Crippen molar-refractivity contribution in [1.82, 2.24) is 0 Å². The van der Waals surface area contributed by atoms with Crippen LogP contribution in [0.3, 0.4) is 0 Å². The summed E-state index contributed by atoms with van der Waals surface area (Å²) in [5, 5.41) is 0.0884. The first-order valence-corrected chi connectivity index (χ1v) is 13.2. The van der Waals surface area contributed by atoms with E-state index in [4.69, 9.17) is 35.3 Å². The highest BCUT2D eigenvalue weighted by molar-refractivity contribution is 6.33. The van der Waals surface area contributed by atoms with Crippen LogP contribution in [-0.2, 0) is 9.53 Å². The van der Waals surface area contributed by atoms with Gasteiger partial charge < -0.3 is 23.7 Å². The summed E-state index contributed by atoms with van der Waals surface area (Å²) < 4.78 is 26.9. The SMILES string of the molecule is C=CC(=O)OCCCCOc1ccc(C(=O)Oc2ccc(C(=O)Oc3ccc(C4CC4)cc3)c(Cl)c2)cc1OC. The summed E-state index contributed by atoms with van der Waals surface area (Å²) in [5.41, 5.74) is 1.62. The first-order chi connectivity index (χ1) is 19.4. The van der Waals surface area contributed by atoms with Crippen LogP contribution in [0.4, 0.5) is 0 Å². The predicted octanol–water partition coefficient (Wildman–Crippen LogP) is 6.55. The van der Waals surface area contributed by atoms with Crippen molar-refractivity contribution in [2.45, 2.75) is 31.6 Å². The first-order valence-electron chi connectivity index (χ1n) is 12.8. The Labute approximate surface area is 237 Å². The maximum atomic E-state index is 12.8. The van der Waals surface area contributed by atoms with Crippen LogP contribution in [0.1, 0.15) is 57.9 Å². The lowest BCUT2D eigenvalue weighted by atomic mass is 10.1. The molecule has 0 unspecified atom stereocenters. The van der Waals surface area contributed by atoms with Crippen molar-refractivity contribution < 1.29 is 38.1 Å². The summed E-state index contributed by atoms with van der Waals surface area (Å²) in [6.07, 6.45) is 4.77. The molecule has 3 aromatic carbocycles. The van der Waals surface area contributed by atoms with E-state index in [2.05, 4.69) is 6.58 Å². The van der Waals surface area contributed by atoms with Crippen LogP contribution in [0.25, 0.3) is 0 Å². The molecule has 8 nitrogen and oxygen atoms in total. The fourth-order valence-electron chi connectivity index (χ4n) is 3.81. The topological polar surface area (TPSA) is 97.4 Å². The van der Waals surface area contributed by atoms with Crippen molar-refractivity contribution in [2.75, 3.05) is 20.3 Å². The Morgan fingerprint density at radius 1 is 0.875 bits per heavy atom. The molecule has 0 atom stereocenters. The molecular weight excluding hydrogens is 536 g/mol. The van der Waals surface area contributed by atoms with E-state index in [1.807, 2.05) is 12.1 Å². The van der Waals surface area contributed by atoms with Gasteiger partial charge in [0.15, 0.2) is 11.5 Å². The van der Waals surface area contributed by atoms with Crippen LogP contribution in [0.5, 0.6) is 23.0 Å². The van der Waals surface area contributed by atoms with E-state index in [0.29, 0.717) is 42.6 Å². The third kappa shape index (κ3) is 7.86. The number of benzene rings is 3. The molecule has 0 bridgehead atoms. The Hall–Kier alpha value is -4.30. The van der Waals surface area contributed by atoms with Crippen LogP contribution < -0.4 is 18.9 Å². The molecule has 4 rings (SSSR count). The van der Waals surface area contributed by atoms with Crippen molar-refractivity contribution in [2.24, 2.45) is 0 Å². The number of carbonyl (C=O) groups is 3. The third-order valence-electron chi connectivity index (χ3n) is 6.12. The van der Waals surface area contributed by atoms with E-state index < -0.39 is 17.9 Å². The average molecular weight is 565 g/mol. The summed E-state index contributed by atoms with van der Waals surface area (Å²) in [5.74, 6) is 0.296. The lowest BCUT2D eigenvalue weighted by Crippen LogP contribution is -2.11. The number of hydrogen-bond donors (Lipinski definition) is 0. The zero-order chi connectivity index (χ0) is 28.5. The number of carbonyl (C=O) groups excluding carboxylic acids is 3. The smallest absolute Gasteiger partial charge is 0.345 e. The molecule has 0 amide bonds. The number of rotatable bonds is 13. The Balaban J connectivity index is 1.30. The summed E-state index contributed by atoms with van der Waals surface area (Å²) in [4.78, 5) is 36.4. The molecule has 9 heteroatoms. The number of unbranched alkanes of at least 4 members (excludes halogenated alkanes) is 1. The molecule has 0 heterocycles. The molecule has 0 N–H and O–H groups in total. The molecule has 1 aliphatic carbocycles. The first kappa shape index (κ1) is 28.7. The van der Waals surface area contributed by atoms with E-state index in [1.165, 1.54) is 49.8 Å². The number of esters is 3. The fourth-order valence-corrected chi connectivity index (χ4v) is 4.06. The Bertz CT molecular complexity index is 1380. The summed E-state index contributed by atoms with van der Waals surface area (Å²) in [6.45, 7) is 3.98. The number of hydrogen-bond acceptors (Lipinski definition) is 8. The highest BCUT2D eigenvalue weighted by Gasteiger charge is 2.23. The molecule has 0 aliphatic heterocycles. The van der Waals surface area contributed by atoms with Crippen molar-refractivity contribution in [1.29, 1.82) is 0 Å². The molecule has 0 saturated heterocycles. The molecule has 40 heavy (non-hydrogen) atoms. The third-order valence-corrected chi connectivity index (χ3v) is 6.43. The fraction of sp³-hybridized carbons (Fsp3) is 0.258. The van der Waals surface area contributed by atoms with Gasteiger partial charge in [-0.2, -0.15) is 0 Å². The second-order valence-corrected chi connectivity index (χ2v) is 9.46. The van der Waals surface area contributed by atoms with E-state index >= 15 is 0 Å². The molecule has 1 fully saturated rings. The van der Waals surface area contributed by atoms with Crippen molar-refractivity contribution in [3.05, 3.63) is 95.0 Å². The second kappa shape index (κ2) is 13.7. The van der Waals surface area contributed by atoms with E-state index in [1.54, 1.807) is 24.3 Å². The minimum atomic E-state index is -0.643. The minimum Gasteiger partial charge on any atom is -0.493 e. The zero-order valence-electron chi connectivity index (χ0n) is 22.0. The monoisotopic (exact) mass is 564 g/mol. The van der Waals surface area contributed by atoms with Gasteiger partial charge in [0.1, 0.15) is 11.5 Å². The molecule has 3 aromatic rings. The van der Waals surface area contributed by atoms with Gasteiger partial charge in [-0.3, -0.25) is 0 Å². The van der Waals surface area contributed by atoms with E-state index in [0.717, 1.165) is 6.08 Å². The Kier molecular flexibility index (Phi) is 9.81. The second-order valence-electron chi connectivity index (χ2n) is 9.06. The molecule has 0 spiro atoms. The van der Waals surface area contributed by atoms with Gasteiger partial charge in [0.25, 0.3) is 0 Å². The van der Waals surface area contributed by atoms with Crippen molar-refractivity contribution in [3.8, 4) is 23.0 Å². The Morgan fingerprint density at radius 2 is 1.57 bits per heavy atom. The minimum absolute atomic E-state index is 0.0884. The molecule has 208 valence electrons. The van der Waals surface area contributed by atoms with Gasteiger partial charge in [-0.1, -0.05) is 30.3 Å². The predicted molar refractivity (Wildman–Crippen MR) is 149 cm³/mol. The van der Waals surface area contributed by atoms with Gasteiger partial charge >= 0.3 is 17.9 Å². The highest BCUT2D eigenvalue weighted by atomic mass is 35.5. The van der Waals surface area contributed by atoms with Crippen molar-refractivity contribution in [3.63, 3.8) is 0 Å². The van der Waals surface area contributed by atoms with Gasteiger partial charge in [-0.15, -0.1) is 0 Å². The van der Waals surface area contributed by atoms with Crippen LogP contribution in [0.2, 0.25) is 5.02 Å². The molecule has 0 aromatic heterocycles. The standard InChI is InChI=1S/C31H29ClO8/c1-3-29(33)38-17-5-4-16-37-27-15-10-22(18-28(27)36-2)30(34)40-24-13-14-25(26(32)19-24)31(35)39-23-11-8-21(9-12-23)20-6-7-20/h3,8-15,18-20H,1,4-7,16-17H2,2H3. The van der Waals surface area contributed by atoms with E-state index in [9.17, 15) is 14.4 Å². The van der Waals surface area contributed by atoms with Crippen LogP contribution in [0.15, 0.2) is 73.3 Å². The quantitative estimate of drug-likeness (QED) is 0.0997. The normalized spacial score (nSPS) is 12.2. The van der Waals surface area contributed by atoms with Crippen molar-refractivity contribution >= 4 is 29.5 Å². The summed E-state index contributed by atoms with van der Waals surface area (Å²) in [7, 11) is 1.46. The van der Waals surface area contributed by atoms with Crippen LogP contribution in [0, 0.1) is 0 Å². The van der Waals surface area contributed by atoms with Gasteiger partial charge in [0.05, 0.1) is 36.5 Å². The van der Waals surface area contributed by atoms with Gasteiger partial charge in [0.2, 0.25) is 0 Å². The largest absolute Gasteiger partial charge is 0.493 e. The maximum Gasteiger partial charge on any atom is 0.345 e. The molecule has 1 saturated carbocycles. The maximum absolute atomic E-state index is 12.8.